The number of rotatable bonds is 4. The molecule has 1 heterocycles. The van der Waals surface area contributed by atoms with Crippen LogP contribution >= 0.6 is 0 Å². The minimum atomic E-state index is -4.03. The normalized spacial score (nSPS) is 11.8. The fourth-order valence-corrected chi connectivity index (χ4v) is 2.69. The van der Waals surface area contributed by atoms with E-state index in [9.17, 15) is 12.8 Å². The lowest BCUT2D eigenvalue weighted by molar-refractivity contribution is 0.569. The second kappa shape index (κ2) is 5.20. The Morgan fingerprint density at radius 1 is 1.30 bits per heavy atom. The molecule has 0 saturated carbocycles. The van der Waals surface area contributed by atoms with E-state index in [1.165, 1.54) is 22.9 Å². The van der Waals surface area contributed by atoms with E-state index >= 15 is 0 Å². The van der Waals surface area contributed by atoms with E-state index in [4.69, 9.17) is 0 Å². The van der Waals surface area contributed by atoms with E-state index < -0.39 is 20.7 Å². The summed E-state index contributed by atoms with van der Waals surface area (Å²) in [7, 11) is -2.46. The van der Waals surface area contributed by atoms with Crippen LogP contribution in [0.15, 0.2) is 29.2 Å². The average Bonchev–Trinajstić information content (AvgIpc) is 2.71. The SMILES string of the molecule is CC(C)c1nc(NS(=O)(=O)c2ccccc2F)n(C)n1. The molecule has 108 valence electrons. The van der Waals surface area contributed by atoms with Gasteiger partial charge in [-0.25, -0.2) is 22.2 Å². The van der Waals surface area contributed by atoms with Gasteiger partial charge in [-0.15, -0.1) is 0 Å². The number of nitrogens with one attached hydrogen (secondary N) is 1. The first-order valence-electron chi connectivity index (χ1n) is 5.99. The van der Waals surface area contributed by atoms with Crippen LogP contribution in [-0.4, -0.2) is 23.2 Å². The van der Waals surface area contributed by atoms with Crippen molar-refractivity contribution in [2.24, 2.45) is 7.05 Å². The van der Waals surface area contributed by atoms with Gasteiger partial charge in [0, 0.05) is 13.0 Å². The third-order valence-corrected chi connectivity index (χ3v) is 4.01. The predicted octanol–water partition coefficient (Wildman–Crippen LogP) is 1.88. The van der Waals surface area contributed by atoms with Gasteiger partial charge in [-0.3, -0.25) is 0 Å². The Kier molecular flexibility index (Phi) is 3.76. The summed E-state index contributed by atoms with van der Waals surface area (Å²) >= 11 is 0. The zero-order chi connectivity index (χ0) is 14.9. The summed E-state index contributed by atoms with van der Waals surface area (Å²) < 4.78 is 41.4. The van der Waals surface area contributed by atoms with Gasteiger partial charge < -0.3 is 0 Å². The van der Waals surface area contributed by atoms with E-state index in [2.05, 4.69) is 14.8 Å². The lowest BCUT2D eigenvalue weighted by Gasteiger charge is -2.07. The molecular formula is C12H15FN4O2S. The number of hydrogen-bond acceptors (Lipinski definition) is 4. The standard InChI is InChI=1S/C12H15FN4O2S/c1-8(2)11-14-12(17(3)15-11)16-20(18,19)10-7-5-4-6-9(10)13/h4-8H,1-3H3,(H,14,15,16). The number of anilines is 1. The summed E-state index contributed by atoms with van der Waals surface area (Å²) in [6.07, 6.45) is 0. The number of hydrogen-bond donors (Lipinski definition) is 1. The zero-order valence-corrected chi connectivity index (χ0v) is 12.1. The Balaban J connectivity index is 2.36. The highest BCUT2D eigenvalue weighted by molar-refractivity contribution is 7.92. The molecule has 0 aliphatic heterocycles. The zero-order valence-electron chi connectivity index (χ0n) is 11.3. The Labute approximate surface area is 116 Å². The Bertz CT molecular complexity index is 725. The molecule has 20 heavy (non-hydrogen) atoms. The molecule has 0 bridgehead atoms. The van der Waals surface area contributed by atoms with Crippen LogP contribution in [0, 0.1) is 5.82 Å². The van der Waals surface area contributed by atoms with Gasteiger partial charge in [0.2, 0.25) is 5.95 Å². The van der Waals surface area contributed by atoms with Gasteiger partial charge in [-0.05, 0) is 12.1 Å². The lowest BCUT2D eigenvalue weighted by Crippen LogP contribution is -2.17. The topological polar surface area (TPSA) is 76.9 Å². The van der Waals surface area contributed by atoms with E-state index in [-0.39, 0.29) is 11.9 Å². The largest absolute Gasteiger partial charge is 0.267 e. The van der Waals surface area contributed by atoms with Crippen molar-refractivity contribution in [1.29, 1.82) is 0 Å². The molecule has 0 radical (unpaired) electrons. The summed E-state index contributed by atoms with van der Waals surface area (Å²) in [6, 6.07) is 5.16. The van der Waals surface area contributed by atoms with Crippen molar-refractivity contribution in [2.45, 2.75) is 24.7 Å². The highest BCUT2D eigenvalue weighted by Gasteiger charge is 2.21. The second-order valence-electron chi connectivity index (χ2n) is 4.61. The summed E-state index contributed by atoms with van der Waals surface area (Å²) in [5.41, 5.74) is 0. The smallest absolute Gasteiger partial charge is 0.247 e. The van der Waals surface area contributed by atoms with Crippen LogP contribution in [0.25, 0.3) is 0 Å². The van der Waals surface area contributed by atoms with Crippen molar-refractivity contribution in [1.82, 2.24) is 14.8 Å². The monoisotopic (exact) mass is 298 g/mol. The highest BCUT2D eigenvalue weighted by Crippen LogP contribution is 2.18. The molecule has 1 aromatic heterocycles. The fourth-order valence-electron chi connectivity index (χ4n) is 1.58. The maximum atomic E-state index is 13.6. The van der Waals surface area contributed by atoms with Gasteiger partial charge in [-0.1, -0.05) is 26.0 Å². The molecule has 1 aromatic carbocycles. The number of halogens is 1. The molecule has 8 heteroatoms. The van der Waals surface area contributed by atoms with Gasteiger partial charge >= 0.3 is 0 Å². The number of benzene rings is 1. The second-order valence-corrected chi connectivity index (χ2v) is 6.26. The van der Waals surface area contributed by atoms with Gasteiger partial charge in [0.1, 0.15) is 10.7 Å². The van der Waals surface area contributed by atoms with E-state index in [0.717, 1.165) is 6.07 Å². The molecule has 0 aliphatic carbocycles. The van der Waals surface area contributed by atoms with Crippen LogP contribution < -0.4 is 4.72 Å². The number of aromatic nitrogens is 3. The van der Waals surface area contributed by atoms with Crippen molar-refractivity contribution in [2.75, 3.05) is 4.72 Å². The van der Waals surface area contributed by atoms with E-state index in [1.54, 1.807) is 7.05 Å². The van der Waals surface area contributed by atoms with Gasteiger partial charge in [0.15, 0.2) is 5.82 Å². The molecule has 0 atom stereocenters. The molecule has 6 nitrogen and oxygen atoms in total. The maximum absolute atomic E-state index is 13.6. The fraction of sp³-hybridized carbons (Fsp3) is 0.333. The molecule has 1 N–H and O–H groups in total. The summed E-state index contributed by atoms with van der Waals surface area (Å²) in [5.74, 6) is -0.185. The summed E-state index contributed by atoms with van der Waals surface area (Å²) in [6.45, 7) is 3.79. The van der Waals surface area contributed by atoms with Crippen LogP contribution in [0.5, 0.6) is 0 Å². The average molecular weight is 298 g/mol. The van der Waals surface area contributed by atoms with Crippen LogP contribution in [0.3, 0.4) is 0 Å². The van der Waals surface area contributed by atoms with Crippen molar-refractivity contribution < 1.29 is 12.8 Å². The Hall–Kier alpha value is -1.96. The first-order chi connectivity index (χ1) is 9.31. The van der Waals surface area contributed by atoms with Crippen LogP contribution in [0.1, 0.15) is 25.6 Å². The first kappa shape index (κ1) is 14.4. The number of aryl methyl sites for hydroxylation is 1. The van der Waals surface area contributed by atoms with Gasteiger partial charge in [0.05, 0.1) is 0 Å². The van der Waals surface area contributed by atoms with Crippen LogP contribution in [0.2, 0.25) is 0 Å². The van der Waals surface area contributed by atoms with Crippen molar-refractivity contribution in [3.05, 3.63) is 35.9 Å². The minimum absolute atomic E-state index is 0.0527. The predicted molar refractivity (Wildman–Crippen MR) is 72.3 cm³/mol. The lowest BCUT2D eigenvalue weighted by atomic mass is 10.2. The van der Waals surface area contributed by atoms with Crippen LogP contribution in [0.4, 0.5) is 10.3 Å². The molecule has 0 aliphatic rings. The summed E-state index contributed by atoms with van der Waals surface area (Å²) in [4.78, 5) is 3.67. The van der Waals surface area contributed by atoms with Crippen molar-refractivity contribution >= 4 is 16.0 Å². The van der Waals surface area contributed by atoms with Crippen molar-refractivity contribution in [3.8, 4) is 0 Å². The number of nitrogens with zero attached hydrogens (tertiary/aromatic N) is 3. The number of sulfonamides is 1. The van der Waals surface area contributed by atoms with Crippen LogP contribution in [-0.2, 0) is 17.1 Å². The molecule has 2 rings (SSSR count). The third kappa shape index (κ3) is 2.79. The molecular weight excluding hydrogens is 283 g/mol. The highest BCUT2D eigenvalue weighted by atomic mass is 32.2. The molecule has 0 amide bonds. The Morgan fingerprint density at radius 3 is 2.50 bits per heavy atom. The third-order valence-electron chi connectivity index (χ3n) is 2.65. The van der Waals surface area contributed by atoms with Gasteiger partial charge in [0.25, 0.3) is 10.0 Å². The molecule has 0 spiro atoms. The maximum Gasteiger partial charge on any atom is 0.267 e. The van der Waals surface area contributed by atoms with Crippen molar-refractivity contribution in [3.63, 3.8) is 0 Å². The molecule has 0 saturated heterocycles. The summed E-state index contributed by atoms with van der Waals surface area (Å²) in [5, 5.41) is 4.10. The quantitative estimate of drug-likeness (QED) is 0.935. The minimum Gasteiger partial charge on any atom is -0.247 e. The molecule has 0 unspecified atom stereocenters. The molecule has 2 aromatic rings. The first-order valence-corrected chi connectivity index (χ1v) is 7.48. The van der Waals surface area contributed by atoms with E-state index in [0.29, 0.717) is 5.82 Å². The molecule has 0 fully saturated rings. The Morgan fingerprint density at radius 2 is 1.95 bits per heavy atom. The van der Waals surface area contributed by atoms with E-state index in [1.807, 2.05) is 13.8 Å². The van der Waals surface area contributed by atoms with Gasteiger partial charge in [-0.2, -0.15) is 10.1 Å².